The summed E-state index contributed by atoms with van der Waals surface area (Å²) in [6.07, 6.45) is 0.209. The molecule has 1 N–H and O–H groups in total. The Hall–Kier alpha value is -2.17. The maximum Gasteiger partial charge on any atom is 0.223 e. The van der Waals surface area contributed by atoms with Gasteiger partial charge in [-0.1, -0.05) is 12.1 Å². The molecule has 0 radical (unpaired) electrons. The van der Waals surface area contributed by atoms with Crippen molar-refractivity contribution in [2.24, 2.45) is 0 Å². The second-order valence-corrected chi connectivity index (χ2v) is 6.33. The van der Waals surface area contributed by atoms with E-state index in [2.05, 4.69) is 5.32 Å². The molecule has 5 nitrogen and oxygen atoms in total. The molecule has 2 amide bonds. The molecule has 0 unspecified atom stereocenters. The van der Waals surface area contributed by atoms with Crippen LogP contribution in [0.15, 0.2) is 24.3 Å². The number of nitrogens with one attached hydrogen (secondary N) is 1. The van der Waals surface area contributed by atoms with E-state index in [1.165, 1.54) is 18.7 Å². The maximum absolute atomic E-state index is 11.9. The van der Waals surface area contributed by atoms with E-state index in [9.17, 15) is 14.4 Å². The van der Waals surface area contributed by atoms with E-state index in [0.29, 0.717) is 11.3 Å². The minimum Gasteiger partial charge on any atom is -0.351 e. The monoisotopic (exact) mass is 304 g/mol. The van der Waals surface area contributed by atoms with Crippen molar-refractivity contribution in [2.75, 3.05) is 11.4 Å². The van der Waals surface area contributed by atoms with Crippen LogP contribution < -0.4 is 10.2 Å². The van der Waals surface area contributed by atoms with Crippen LogP contribution in [0.2, 0.25) is 0 Å². The molecule has 1 rings (SSSR count). The van der Waals surface area contributed by atoms with E-state index in [4.69, 9.17) is 0 Å². The van der Waals surface area contributed by atoms with E-state index >= 15 is 0 Å². The first-order valence-electron chi connectivity index (χ1n) is 7.30. The first-order chi connectivity index (χ1) is 10.1. The van der Waals surface area contributed by atoms with Crippen LogP contribution >= 0.6 is 0 Å². The number of Topliss-reactive ketones (excluding diaryl/α,β-unsaturated/α-hetero) is 1. The van der Waals surface area contributed by atoms with E-state index in [1.54, 1.807) is 24.3 Å². The van der Waals surface area contributed by atoms with Crippen LogP contribution in [0, 0.1) is 0 Å². The Balaban J connectivity index is 2.83. The van der Waals surface area contributed by atoms with E-state index < -0.39 is 0 Å². The second-order valence-electron chi connectivity index (χ2n) is 6.33. The molecule has 0 saturated carbocycles. The van der Waals surface area contributed by atoms with Crippen LogP contribution in [0.1, 0.15) is 51.4 Å². The van der Waals surface area contributed by atoms with Crippen molar-refractivity contribution in [1.82, 2.24) is 5.32 Å². The number of carbonyl (C=O) groups excluding carboxylic acids is 3. The van der Waals surface area contributed by atoms with Crippen LogP contribution in [0.3, 0.4) is 0 Å². The summed E-state index contributed by atoms with van der Waals surface area (Å²) in [5.41, 5.74) is 0.874. The molecule has 0 atom stereocenters. The van der Waals surface area contributed by atoms with E-state index in [0.717, 1.165) is 0 Å². The van der Waals surface area contributed by atoms with Gasteiger partial charge in [0.2, 0.25) is 11.8 Å². The minimum atomic E-state index is -0.299. The molecule has 1 aromatic rings. The summed E-state index contributed by atoms with van der Waals surface area (Å²) in [7, 11) is 0. The summed E-state index contributed by atoms with van der Waals surface area (Å²) in [6.45, 7) is 8.92. The van der Waals surface area contributed by atoms with Gasteiger partial charge in [0.15, 0.2) is 5.78 Å². The highest BCUT2D eigenvalue weighted by molar-refractivity contribution is 5.97. The highest BCUT2D eigenvalue weighted by Gasteiger charge is 2.17. The predicted octanol–water partition coefficient (Wildman–Crippen LogP) is 2.55. The Morgan fingerprint density at radius 3 is 2.27 bits per heavy atom. The van der Waals surface area contributed by atoms with Gasteiger partial charge in [-0.15, -0.1) is 0 Å². The number of benzene rings is 1. The van der Waals surface area contributed by atoms with Crippen LogP contribution in [0.4, 0.5) is 5.69 Å². The molecule has 22 heavy (non-hydrogen) atoms. The van der Waals surface area contributed by atoms with Gasteiger partial charge in [0.05, 0.1) is 0 Å². The number of rotatable bonds is 5. The lowest BCUT2D eigenvalue weighted by atomic mass is 10.1. The molecular formula is C17H24N2O3. The zero-order chi connectivity index (χ0) is 16.9. The number of ketones is 1. The Kier molecular flexibility index (Phi) is 5.85. The van der Waals surface area contributed by atoms with Crippen molar-refractivity contribution in [2.45, 2.75) is 46.6 Å². The van der Waals surface area contributed by atoms with Crippen molar-refractivity contribution < 1.29 is 14.4 Å². The number of hydrogen-bond donors (Lipinski definition) is 1. The molecule has 0 heterocycles. The first-order valence-corrected chi connectivity index (χ1v) is 7.30. The van der Waals surface area contributed by atoms with Crippen LogP contribution in [0.5, 0.6) is 0 Å². The molecule has 1 aromatic carbocycles. The van der Waals surface area contributed by atoms with E-state index in [-0.39, 0.29) is 36.1 Å². The van der Waals surface area contributed by atoms with E-state index in [1.807, 2.05) is 20.8 Å². The van der Waals surface area contributed by atoms with Gasteiger partial charge in [0.25, 0.3) is 0 Å². The quantitative estimate of drug-likeness (QED) is 0.850. The van der Waals surface area contributed by atoms with Gasteiger partial charge in [0, 0.05) is 36.7 Å². The average molecular weight is 304 g/mol. The topological polar surface area (TPSA) is 66.5 Å². The number of amides is 2. The third kappa shape index (κ3) is 5.68. The summed E-state index contributed by atoms with van der Waals surface area (Å²) < 4.78 is 0. The molecule has 0 fully saturated rings. The van der Waals surface area contributed by atoms with Crippen molar-refractivity contribution in [1.29, 1.82) is 0 Å². The normalized spacial score (nSPS) is 11.0. The maximum atomic E-state index is 11.9. The lowest BCUT2D eigenvalue weighted by Gasteiger charge is -2.24. The zero-order valence-corrected chi connectivity index (χ0v) is 13.9. The zero-order valence-electron chi connectivity index (χ0n) is 13.9. The predicted molar refractivity (Wildman–Crippen MR) is 87.0 cm³/mol. The standard InChI is InChI=1S/C17H24N2O3/c1-12(20)14-7-6-8-15(11-14)19(13(2)21)10-9-16(22)18-17(3,4)5/h6-8,11H,9-10H2,1-5H3,(H,18,22). The van der Waals surface area contributed by atoms with Crippen molar-refractivity contribution in [3.63, 3.8) is 0 Å². The first kappa shape index (κ1) is 17.9. The van der Waals surface area contributed by atoms with Gasteiger partial charge in [0.1, 0.15) is 0 Å². The number of hydrogen-bond acceptors (Lipinski definition) is 3. The fourth-order valence-electron chi connectivity index (χ4n) is 2.06. The Morgan fingerprint density at radius 1 is 1.14 bits per heavy atom. The molecule has 0 aromatic heterocycles. The van der Waals surface area contributed by atoms with Crippen molar-refractivity contribution in [3.05, 3.63) is 29.8 Å². The third-order valence-corrected chi connectivity index (χ3v) is 3.02. The Morgan fingerprint density at radius 2 is 1.77 bits per heavy atom. The summed E-state index contributed by atoms with van der Waals surface area (Å²) in [5.74, 6) is -0.332. The minimum absolute atomic E-state index is 0.0594. The highest BCUT2D eigenvalue weighted by Crippen LogP contribution is 2.17. The van der Waals surface area contributed by atoms with Gasteiger partial charge in [-0.05, 0) is 39.8 Å². The molecule has 5 heteroatoms. The van der Waals surface area contributed by atoms with Gasteiger partial charge >= 0.3 is 0 Å². The lowest BCUT2D eigenvalue weighted by molar-refractivity contribution is -0.122. The molecular weight excluding hydrogens is 280 g/mol. The van der Waals surface area contributed by atoms with Crippen LogP contribution in [-0.4, -0.2) is 29.7 Å². The molecule has 0 saturated heterocycles. The van der Waals surface area contributed by atoms with Gasteiger partial charge in [-0.2, -0.15) is 0 Å². The lowest BCUT2D eigenvalue weighted by Crippen LogP contribution is -2.42. The average Bonchev–Trinajstić information content (AvgIpc) is 2.36. The molecule has 0 aliphatic rings. The number of carbonyl (C=O) groups is 3. The van der Waals surface area contributed by atoms with Gasteiger partial charge in [-0.3, -0.25) is 14.4 Å². The second kappa shape index (κ2) is 7.20. The molecule has 120 valence electrons. The number of nitrogens with zero attached hydrogens (tertiary/aromatic N) is 1. The molecule has 0 spiro atoms. The van der Waals surface area contributed by atoms with Crippen LogP contribution in [-0.2, 0) is 9.59 Å². The number of anilines is 1. The largest absolute Gasteiger partial charge is 0.351 e. The van der Waals surface area contributed by atoms with Gasteiger partial charge in [-0.25, -0.2) is 0 Å². The molecule has 0 aliphatic heterocycles. The Labute approximate surface area is 131 Å². The fourth-order valence-corrected chi connectivity index (χ4v) is 2.06. The Bertz CT molecular complexity index is 574. The SMILES string of the molecule is CC(=O)c1cccc(N(CCC(=O)NC(C)(C)C)C(C)=O)c1. The molecule has 0 bridgehead atoms. The van der Waals surface area contributed by atoms with Crippen molar-refractivity contribution in [3.8, 4) is 0 Å². The molecule has 0 aliphatic carbocycles. The smallest absolute Gasteiger partial charge is 0.223 e. The van der Waals surface area contributed by atoms with Gasteiger partial charge < -0.3 is 10.2 Å². The summed E-state index contributed by atoms with van der Waals surface area (Å²) in [5, 5.41) is 2.86. The van der Waals surface area contributed by atoms with Crippen molar-refractivity contribution >= 4 is 23.3 Å². The summed E-state index contributed by atoms with van der Waals surface area (Å²) in [4.78, 5) is 36.7. The summed E-state index contributed by atoms with van der Waals surface area (Å²) in [6, 6.07) is 6.87. The fraction of sp³-hybridized carbons (Fsp3) is 0.471. The highest BCUT2D eigenvalue weighted by atomic mass is 16.2. The summed E-state index contributed by atoms with van der Waals surface area (Å²) >= 11 is 0. The van der Waals surface area contributed by atoms with Crippen LogP contribution in [0.25, 0.3) is 0 Å². The third-order valence-electron chi connectivity index (χ3n) is 3.02.